The number of hydrogen-bond donors (Lipinski definition) is 3. The molecule has 0 aliphatic carbocycles. The molecule has 8 heteroatoms. The number of carboxylic acid groups (broad SMARTS) is 2. The zero-order valence-corrected chi connectivity index (χ0v) is 12.1. The molecular weight excluding hydrogens is 265 g/mol. The van der Waals surface area contributed by atoms with Crippen LogP contribution in [0.3, 0.4) is 0 Å². The molecule has 1 aromatic rings. The third-order valence-corrected chi connectivity index (χ3v) is 2.16. The van der Waals surface area contributed by atoms with Crippen molar-refractivity contribution in [3.05, 3.63) is 29.8 Å². The van der Waals surface area contributed by atoms with Crippen LogP contribution in [0, 0.1) is 0 Å². The second-order valence-electron chi connectivity index (χ2n) is 3.52. The fraction of sp³-hybridized carbons (Fsp3) is 0.182. The summed E-state index contributed by atoms with van der Waals surface area (Å²) in [5.41, 5.74) is 0.507. The van der Waals surface area contributed by atoms with E-state index < -0.39 is 23.9 Å². The Morgan fingerprint density at radius 2 is 1.68 bits per heavy atom. The van der Waals surface area contributed by atoms with Crippen molar-refractivity contribution >= 4 is 17.8 Å². The van der Waals surface area contributed by atoms with Crippen LogP contribution in [0.5, 0.6) is 5.75 Å². The first-order chi connectivity index (χ1) is 8.40. The van der Waals surface area contributed by atoms with Gasteiger partial charge in [-0.3, -0.25) is 4.79 Å². The number of nitrogens with one attached hydrogen (secondary N) is 1. The van der Waals surface area contributed by atoms with Crippen LogP contribution >= 0.6 is 0 Å². The fourth-order valence-electron chi connectivity index (χ4n) is 1.28. The van der Waals surface area contributed by atoms with E-state index in [4.69, 9.17) is 10.2 Å². The van der Waals surface area contributed by atoms with Crippen LogP contribution in [0.15, 0.2) is 24.3 Å². The van der Waals surface area contributed by atoms with Gasteiger partial charge in [0.05, 0.1) is 0 Å². The maximum atomic E-state index is 10.9. The molecule has 1 rings (SSSR count). The normalized spacial score (nSPS) is 10.9. The molecule has 0 fully saturated rings. The summed E-state index contributed by atoms with van der Waals surface area (Å²) in [5, 5.41) is 29.9. The molecular formula is C11H10NNaO6. The Kier molecular flexibility index (Phi) is 7.13. The smallest absolute Gasteiger partial charge is 0.872 e. The summed E-state index contributed by atoms with van der Waals surface area (Å²) < 4.78 is 0. The molecule has 19 heavy (non-hydrogen) atoms. The summed E-state index contributed by atoms with van der Waals surface area (Å²) >= 11 is 0. The molecule has 0 unspecified atom stereocenters. The molecule has 0 bridgehead atoms. The maximum absolute atomic E-state index is 10.9. The topological polar surface area (TPSA) is 127 Å². The van der Waals surface area contributed by atoms with Gasteiger partial charge in [0.2, 0.25) is 0 Å². The van der Waals surface area contributed by atoms with Crippen molar-refractivity contribution in [3.63, 3.8) is 0 Å². The second-order valence-corrected chi connectivity index (χ2v) is 3.52. The van der Waals surface area contributed by atoms with Crippen molar-refractivity contribution in [2.45, 2.75) is 12.5 Å². The summed E-state index contributed by atoms with van der Waals surface area (Å²) in [6.45, 7) is 0. The first-order valence-electron chi connectivity index (χ1n) is 4.92. The number of rotatable bonds is 4. The van der Waals surface area contributed by atoms with Gasteiger partial charge in [0, 0.05) is 6.42 Å². The predicted molar refractivity (Wildman–Crippen MR) is 56.8 cm³/mol. The Morgan fingerprint density at radius 1 is 1.16 bits per heavy atom. The number of carboxylic acids is 2. The number of carbonyl (C=O) groups excluding carboxylic acids is 1. The molecule has 0 saturated carbocycles. The molecule has 0 saturated heterocycles. The van der Waals surface area contributed by atoms with Crippen molar-refractivity contribution in [2.24, 2.45) is 0 Å². The van der Waals surface area contributed by atoms with E-state index in [9.17, 15) is 19.5 Å². The van der Waals surface area contributed by atoms with Gasteiger partial charge in [0.15, 0.2) is 0 Å². The summed E-state index contributed by atoms with van der Waals surface area (Å²) in [6.07, 6.45) is -0.103. The minimum atomic E-state index is -1.75. The van der Waals surface area contributed by atoms with Crippen LogP contribution in [0.1, 0.15) is 5.56 Å². The van der Waals surface area contributed by atoms with Gasteiger partial charge in [-0.15, -0.1) is 5.75 Å². The van der Waals surface area contributed by atoms with E-state index in [2.05, 4.69) is 0 Å². The summed E-state index contributed by atoms with van der Waals surface area (Å²) in [6, 6.07) is 4.00. The van der Waals surface area contributed by atoms with E-state index in [1.807, 2.05) is 5.32 Å². The Labute approximate surface area is 130 Å². The molecule has 96 valence electrons. The van der Waals surface area contributed by atoms with Gasteiger partial charge in [-0.05, 0) is 5.56 Å². The van der Waals surface area contributed by atoms with Gasteiger partial charge < -0.3 is 20.6 Å². The average Bonchev–Trinajstić information content (AvgIpc) is 2.30. The van der Waals surface area contributed by atoms with Gasteiger partial charge >= 0.3 is 47.4 Å². The monoisotopic (exact) mass is 275 g/mol. The number of amides is 1. The minimum Gasteiger partial charge on any atom is -0.872 e. The fourth-order valence-corrected chi connectivity index (χ4v) is 1.28. The van der Waals surface area contributed by atoms with Gasteiger partial charge in [-0.2, -0.15) is 0 Å². The zero-order valence-electron chi connectivity index (χ0n) is 10.1. The van der Waals surface area contributed by atoms with Crippen LogP contribution in [0.25, 0.3) is 0 Å². The summed E-state index contributed by atoms with van der Waals surface area (Å²) in [5.74, 6) is -4.71. The van der Waals surface area contributed by atoms with Gasteiger partial charge in [0.1, 0.15) is 6.04 Å². The quantitative estimate of drug-likeness (QED) is 0.379. The van der Waals surface area contributed by atoms with Gasteiger partial charge in [0.25, 0.3) is 0 Å². The molecule has 0 spiro atoms. The third-order valence-electron chi connectivity index (χ3n) is 2.16. The van der Waals surface area contributed by atoms with E-state index >= 15 is 0 Å². The molecule has 1 aromatic carbocycles. The largest absolute Gasteiger partial charge is 1.00 e. The SMILES string of the molecule is O=C(O)C(=O)N[C@@H](Cc1ccc([O-])cc1)C(=O)O.[Na+]. The van der Waals surface area contributed by atoms with Crippen molar-refractivity contribution < 1.29 is 59.3 Å². The zero-order chi connectivity index (χ0) is 13.7. The van der Waals surface area contributed by atoms with E-state index in [1.165, 1.54) is 24.3 Å². The summed E-state index contributed by atoms with van der Waals surface area (Å²) in [7, 11) is 0. The Bertz CT molecular complexity index is 473. The second kappa shape index (κ2) is 7.78. The Hall–Kier alpha value is -1.57. The number of aliphatic carboxylic acids is 2. The van der Waals surface area contributed by atoms with Crippen molar-refractivity contribution in [3.8, 4) is 5.75 Å². The van der Waals surface area contributed by atoms with E-state index in [-0.39, 0.29) is 41.7 Å². The first-order valence-corrected chi connectivity index (χ1v) is 4.92. The van der Waals surface area contributed by atoms with E-state index in [0.29, 0.717) is 5.56 Å². The third kappa shape index (κ3) is 5.73. The predicted octanol–water partition coefficient (Wildman–Crippen LogP) is -4.04. The Balaban J connectivity index is 0.00000324. The first kappa shape index (κ1) is 17.4. The van der Waals surface area contributed by atoms with E-state index in [1.54, 1.807) is 0 Å². The number of benzene rings is 1. The summed E-state index contributed by atoms with van der Waals surface area (Å²) in [4.78, 5) is 32.0. The van der Waals surface area contributed by atoms with Crippen molar-refractivity contribution in [2.75, 3.05) is 0 Å². The molecule has 0 heterocycles. The molecule has 1 atom stereocenters. The average molecular weight is 275 g/mol. The van der Waals surface area contributed by atoms with Crippen molar-refractivity contribution in [1.82, 2.24) is 5.32 Å². The maximum Gasteiger partial charge on any atom is 1.00 e. The van der Waals surface area contributed by atoms with Crippen LogP contribution in [0.4, 0.5) is 0 Å². The molecule has 0 aliphatic heterocycles. The van der Waals surface area contributed by atoms with Crippen LogP contribution < -0.4 is 40.0 Å². The van der Waals surface area contributed by atoms with Crippen LogP contribution in [-0.4, -0.2) is 34.1 Å². The van der Waals surface area contributed by atoms with E-state index in [0.717, 1.165) is 0 Å². The standard InChI is InChI=1S/C11H11NO6.Na/c13-7-3-1-6(2-4-7)5-8(10(15)16)12-9(14)11(17)18;/h1-4,8,13H,5H2,(H,12,14)(H,15,16)(H,17,18);/q;+1/p-1/t8-;/m0./s1. The number of carbonyl (C=O) groups is 3. The van der Waals surface area contributed by atoms with Crippen LogP contribution in [-0.2, 0) is 20.8 Å². The molecule has 1 amide bonds. The minimum absolute atomic E-state index is 0. The van der Waals surface area contributed by atoms with Gasteiger partial charge in [-0.25, -0.2) is 9.59 Å². The molecule has 7 nitrogen and oxygen atoms in total. The molecule has 0 radical (unpaired) electrons. The van der Waals surface area contributed by atoms with Crippen molar-refractivity contribution in [1.29, 1.82) is 0 Å². The molecule has 0 aromatic heterocycles. The number of hydrogen-bond acceptors (Lipinski definition) is 4. The van der Waals surface area contributed by atoms with Crippen LogP contribution in [0.2, 0.25) is 0 Å². The molecule has 3 N–H and O–H groups in total. The Morgan fingerprint density at radius 3 is 2.11 bits per heavy atom. The molecule has 0 aliphatic rings. The van der Waals surface area contributed by atoms with Gasteiger partial charge in [-0.1, -0.05) is 24.3 Å².